The van der Waals surface area contributed by atoms with Crippen molar-refractivity contribution in [1.29, 1.82) is 0 Å². The highest BCUT2D eigenvalue weighted by atomic mass is 19.1. The van der Waals surface area contributed by atoms with Crippen LogP contribution in [0, 0.1) is 43.3 Å². The molecule has 2 fully saturated rings. The monoisotopic (exact) mass is 1080 g/mol. The average Bonchev–Trinajstić information content (AvgIpc) is 4.25. The summed E-state index contributed by atoms with van der Waals surface area (Å²) < 4.78 is 41.1. The van der Waals surface area contributed by atoms with Gasteiger partial charge in [0.25, 0.3) is 17.2 Å². The van der Waals surface area contributed by atoms with Crippen LogP contribution in [0.2, 0.25) is 0 Å². The van der Waals surface area contributed by atoms with Gasteiger partial charge in [0.15, 0.2) is 11.6 Å². The number of carbonyl (C=O) groups is 4. The second kappa shape index (κ2) is 21.7. The van der Waals surface area contributed by atoms with Crippen molar-refractivity contribution in [1.82, 2.24) is 9.41 Å². The van der Waals surface area contributed by atoms with E-state index >= 15 is 4.39 Å². The second-order valence-electron chi connectivity index (χ2n) is 21.4. The topological polar surface area (TPSA) is 279 Å². The van der Waals surface area contributed by atoms with Crippen LogP contribution in [0.3, 0.4) is 0 Å². The van der Waals surface area contributed by atoms with Crippen molar-refractivity contribution in [3.05, 3.63) is 98.0 Å². The fourth-order valence-electron chi connectivity index (χ4n) is 11.3. The number of allylic oxidation sites excluding steroid dienone is 2. The Morgan fingerprint density at radius 1 is 0.949 bits per heavy atom. The Kier molecular flexibility index (Phi) is 15.8. The summed E-state index contributed by atoms with van der Waals surface area (Å²) in [7, 11) is 3.05. The number of aryl methyl sites for hydroxylation is 1. The molecule has 5 aliphatic rings. The minimum Gasteiger partial charge on any atom is -0.507 e. The Hall–Kier alpha value is -7.49. The van der Waals surface area contributed by atoms with Crippen LogP contribution in [0.15, 0.2) is 58.3 Å². The first kappa shape index (κ1) is 56.7. The molecule has 418 valence electrons. The van der Waals surface area contributed by atoms with Gasteiger partial charge in [-0.3, -0.25) is 28.6 Å². The first-order chi connectivity index (χ1) is 36.7. The van der Waals surface area contributed by atoms with Crippen molar-refractivity contribution < 1.29 is 73.2 Å². The van der Waals surface area contributed by atoms with Crippen LogP contribution in [0.4, 0.5) is 15.8 Å². The molecule has 9 rings (SSSR count). The molecule has 2 aromatic carbocycles. The number of nitrogens with zero attached hydrogens (tertiary/aromatic N) is 4. The number of hydrogen-bond donors (Lipinski definition) is 7. The number of carboxylic acid groups (broad SMARTS) is 1. The molecule has 2 aromatic heterocycles. The molecular weight excluding hydrogens is 1010 g/mol. The van der Waals surface area contributed by atoms with E-state index in [1.165, 1.54) is 59.2 Å². The zero-order valence-electron chi connectivity index (χ0n) is 45.5. The fraction of sp³-hybridized carbons (Fsp3) is 0.474. The number of hydrazone groups is 1. The van der Waals surface area contributed by atoms with E-state index in [9.17, 15) is 54.6 Å². The zero-order valence-corrected chi connectivity index (χ0v) is 45.5. The standard InChI is InChI=1S/C57H68FN5O15/c1-25-13-12-14-26(2)54(71)60-43-37(22-59-61(10)34-17-19-62(23-34)45-28(4)44-35(33-15-16-33)21-36(56(73)74)55(72)63(44)24-38(45)58)49(68)40-41(50(43)69)48(67)31(7)52-42(40)53(70)57(9,78-52)76-20-18-39(75-11)27(3)51(77-32(8)64)30(6)47(66)29(5)46(25)65/h12-14,18,20-22,24-25,27,29-30,33-34,39,46-47,51,65-69H,15-17,19,23H2,1-11H3,(H,60,71)(H,73,74)/b13-12+,20-18+,26-14-,59-22-/t25-,27+,29+,30+,34?,39-,46-,47+,51+,57-/m0/s1. The molecule has 10 atom stereocenters. The number of anilines is 2. The zero-order chi connectivity index (χ0) is 57.1. The predicted octanol–water partition coefficient (Wildman–Crippen LogP) is 6.93. The number of ether oxygens (including phenoxy) is 4. The number of esters is 1. The number of rotatable bonds is 8. The summed E-state index contributed by atoms with van der Waals surface area (Å²) in [6.07, 6.45) is 7.38. The number of nitrogens with one attached hydrogen (secondary N) is 1. The maximum atomic E-state index is 16.2. The lowest BCUT2D eigenvalue weighted by Crippen LogP contribution is -2.46. The van der Waals surface area contributed by atoms with Crippen molar-refractivity contribution in [2.24, 2.45) is 28.8 Å². The Bertz CT molecular complexity index is 3310. The van der Waals surface area contributed by atoms with Crippen LogP contribution in [0.25, 0.3) is 16.3 Å². The van der Waals surface area contributed by atoms with Gasteiger partial charge in [-0.25, -0.2) is 9.18 Å². The van der Waals surface area contributed by atoms with Crippen LogP contribution >= 0.6 is 0 Å². The van der Waals surface area contributed by atoms with Gasteiger partial charge in [0.05, 0.1) is 76.4 Å². The van der Waals surface area contributed by atoms with Gasteiger partial charge in [0, 0.05) is 81.3 Å². The second-order valence-corrected chi connectivity index (χ2v) is 21.4. The van der Waals surface area contributed by atoms with Gasteiger partial charge < -0.3 is 59.8 Å². The number of halogens is 1. The van der Waals surface area contributed by atoms with E-state index in [2.05, 4.69) is 10.4 Å². The first-order valence-corrected chi connectivity index (χ1v) is 26.0. The van der Waals surface area contributed by atoms with Crippen LogP contribution in [-0.2, 0) is 23.8 Å². The number of amides is 1. The van der Waals surface area contributed by atoms with E-state index in [1.54, 1.807) is 58.8 Å². The average molecular weight is 1080 g/mol. The number of aromatic hydroxyl groups is 3. The SMILES string of the molecule is CO[C@H]1/C=C/O[C@@]2(C)Oc3c(C)c(O)c4c(O)c(c(/C=N\N(C)C5CCN(c6c(F)cn7c(=O)c(C(=O)O)cc(C8CC8)c7c6C)C5)c(O)c4c3C2=O)NC(=O)/C(C)=C\C=C\[C@H](C)[C@H](O)[C@@H](C)[C@@H](O)[C@@H](C)[C@H](OC(C)=O)[C@@H]1C. The number of Topliss-reactive ketones (excluding diaryl/α,β-unsaturated/α-hetero) is 1. The molecule has 1 amide bonds. The summed E-state index contributed by atoms with van der Waals surface area (Å²) in [5.41, 5.74) is -0.328. The minimum atomic E-state index is -2.15. The summed E-state index contributed by atoms with van der Waals surface area (Å²) >= 11 is 0. The molecule has 7 N–H and O–H groups in total. The number of carbonyl (C=O) groups excluding carboxylic acids is 3. The predicted molar refractivity (Wildman–Crippen MR) is 287 cm³/mol. The number of methoxy groups -OCH3 is 1. The van der Waals surface area contributed by atoms with Gasteiger partial charge in [-0.05, 0) is 69.2 Å². The van der Waals surface area contributed by atoms with Crippen LogP contribution < -0.4 is 20.5 Å². The summed E-state index contributed by atoms with van der Waals surface area (Å²) in [6.45, 7) is 14.5. The smallest absolute Gasteiger partial charge is 0.341 e. The fourth-order valence-corrected chi connectivity index (χ4v) is 11.3. The van der Waals surface area contributed by atoms with E-state index in [-0.39, 0.29) is 51.5 Å². The lowest BCUT2D eigenvalue weighted by molar-refractivity contribution is -0.160. The van der Waals surface area contributed by atoms with Gasteiger partial charge >= 0.3 is 17.7 Å². The summed E-state index contributed by atoms with van der Waals surface area (Å²) in [5.74, 6) is -11.4. The first-order valence-electron chi connectivity index (χ1n) is 26.0. The van der Waals surface area contributed by atoms with E-state index < -0.39 is 129 Å². The molecule has 78 heavy (non-hydrogen) atoms. The Labute approximate surface area is 449 Å². The van der Waals surface area contributed by atoms with Crippen molar-refractivity contribution in [3.63, 3.8) is 0 Å². The maximum Gasteiger partial charge on any atom is 0.341 e. The quantitative estimate of drug-likeness (QED) is 0.0309. The Morgan fingerprint density at radius 2 is 1.64 bits per heavy atom. The molecule has 0 spiro atoms. The van der Waals surface area contributed by atoms with Crippen LogP contribution in [0.5, 0.6) is 23.0 Å². The highest BCUT2D eigenvalue weighted by molar-refractivity contribution is 6.24. The van der Waals surface area contributed by atoms with Gasteiger partial charge in [0.1, 0.15) is 28.9 Å². The highest BCUT2D eigenvalue weighted by Crippen LogP contribution is 2.55. The number of carboxylic acids is 1. The van der Waals surface area contributed by atoms with E-state index in [0.717, 1.165) is 29.7 Å². The van der Waals surface area contributed by atoms with Crippen LogP contribution in [-0.4, -0.2) is 133 Å². The number of phenols is 3. The number of phenolic OH excluding ortho intramolecular Hbond substituents is 3. The van der Waals surface area contributed by atoms with Gasteiger partial charge in [0.2, 0.25) is 0 Å². The number of aromatic carboxylic acids is 1. The summed E-state index contributed by atoms with van der Waals surface area (Å²) in [4.78, 5) is 68.4. The molecule has 21 heteroatoms. The molecule has 1 saturated carbocycles. The number of aliphatic hydroxyl groups is 2. The third-order valence-electron chi connectivity index (χ3n) is 16.1. The molecule has 1 saturated heterocycles. The number of ketones is 1. The maximum absolute atomic E-state index is 16.2. The minimum absolute atomic E-state index is 0.0163. The van der Waals surface area contributed by atoms with Crippen molar-refractivity contribution in [3.8, 4) is 23.0 Å². The molecule has 5 bridgehead atoms. The van der Waals surface area contributed by atoms with Gasteiger partial charge in [-0.15, -0.1) is 0 Å². The number of aliphatic hydroxyl groups excluding tert-OH is 2. The third kappa shape index (κ3) is 10.1. The molecule has 0 radical (unpaired) electrons. The van der Waals surface area contributed by atoms with Crippen molar-refractivity contribution in [2.75, 3.05) is 37.5 Å². The van der Waals surface area contributed by atoms with Gasteiger partial charge in [-0.2, -0.15) is 5.10 Å². The number of likely N-dealkylation sites (N-methyl/N-ethyl adjacent to an activating group) is 1. The Morgan fingerprint density at radius 3 is 2.28 bits per heavy atom. The van der Waals surface area contributed by atoms with Crippen LogP contribution in [0.1, 0.15) is 117 Å². The number of fused-ring (bicyclic) bond motifs is 15. The molecule has 4 aromatic rings. The molecule has 6 heterocycles. The molecular formula is C57H68FN5O15. The number of hydrogen-bond acceptors (Lipinski definition) is 17. The third-order valence-corrected chi connectivity index (χ3v) is 16.1. The molecule has 20 nitrogen and oxygen atoms in total. The molecule has 1 unspecified atom stereocenters. The number of pyridine rings is 2. The number of aromatic nitrogens is 1. The number of benzene rings is 2. The van der Waals surface area contributed by atoms with Crippen molar-refractivity contribution in [2.45, 2.75) is 124 Å². The van der Waals surface area contributed by atoms with E-state index in [4.69, 9.17) is 18.9 Å². The van der Waals surface area contributed by atoms with Crippen molar-refractivity contribution >= 4 is 57.5 Å². The lowest BCUT2D eigenvalue weighted by Gasteiger charge is -2.38. The largest absolute Gasteiger partial charge is 0.507 e. The summed E-state index contributed by atoms with van der Waals surface area (Å²) in [5, 5.41) is 77.5. The molecule has 4 aliphatic heterocycles. The highest BCUT2D eigenvalue weighted by Gasteiger charge is 2.50. The van der Waals surface area contributed by atoms with Gasteiger partial charge in [-0.1, -0.05) is 45.9 Å². The van der Waals surface area contributed by atoms with E-state index in [1.807, 2.05) is 4.90 Å². The Balaban J connectivity index is 1.20. The van der Waals surface area contributed by atoms with E-state index in [0.29, 0.717) is 29.6 Å². The normalized spacial score (nSPS) is 28.6. The lowest BCUT2D eigenvalue weighted by atomic mass is 9.78. The molecule has 1 aliphatic carbocycles. The summed E-state index contributed by atoms with van der Waals surface area (Å²) in [6, 6.07) is 0.988.